The topological polar surface area (TPSA) is 37.3 Å². The lowest BCUT2D eigenvalue weighted by atomic mass is 10.0. The SMILES string of the molecule is O=C(NCc1ccccc1)N1Cc2ccccc2-n2cccc2C1c1ccc(Cl)cc1. The van der Waals surface area contributed by atoms with E-state index in [0.29, 0.717) is 18.1 Å². The lowest BCUT2D eigenvalue weighted by Crippen LogP contribution is -2.41. The zero-order valence-corrected chi connectivity index (χ0v) is 17.7. The highest BCUT2D eigenvalue weighted by Gasteiger charge is 2.32. The van der Waals surface area contributed by atoms with E-state index in [1.165, 1.54) is 0 Å². The standard InChI is InChI=1S/C26H22ClN3O/c27-22-14-12-20(13-15-22)25-24-11-6-16-29(24)23-10-5-4-9-21(23)18-30(25)26(31)28-17-19-7-2-1-3-8-19/h1-16,25H,17-18H2,(H,28,31). The van der Waals surface area contributed by atoms with Gasteiger partial charge in [0.15, 0.2) is 0 Å². The zero-order chi connectivity index (χ0) is 21.2. The molecular weight excluding hydrogens is 406 g/mol. The summed E-state index contributed by atoms with van der Waals surface area (Å²) in [4.78, 5) is 15.4. The summed E-state index contributed by atoms with van der Waals surface area (Å²) >= 11 is 6.15. The molecule has 4 aromatic rings. The van der Waals surface area contributed by atoms with Gasteiger partial charge in [-0.1, -0.05) is 72.3 Å². The first kappa shape index (κ1) is 19.5. The fourth-order valence-electron chi connectivity index (χ4n) is 4.21. The van der Waals surface area contributed by atoms with E-state index in [0.717, 1.165) is 28.1 Å². The number of hydrogen-bond acceptors (Lipinski definition) is 1. The number of para-hydroxylation sites is 1. The van der Waals surface area contributed by atoms with Crippen LogP contribution in [-0.2, 0) is 13.1 Å². The van der Waals surface area contributed by atoms with Gasteiger partial charge in [0.1, 0.15) is 0 Å². The summed E-state index contributed by atoms with van der Waals surface area (Å²) < 4.78 is 2.18. The summed E-state index contributed by atoms with van der Waals surface area (Å²) in [5.41, 5.74) is 5.33. The molecule has 154 valence electrons. The second kappa shape index (κ2) is 8.32. The van der Waals surface area contributed by atoms with Gasteiger partial charge in [-0.15, -0.1) is 0 Å². The second-order valence-corrected chi connectivity index (χ2v) is 8.09. The Bertz CT molecular complexity index is 1200. The van der Waals surface area contributed by atoms with Crippen LogP contribution in [0.2, 0.25) is 5.02 Å². The normalized spacial score (nSPS) is 15.0. The number of aromatic nitrogens is 1. The van der Waals surface area contributed by atoms with Crippen LogP contribution in [0.4, 0.5) is 4.79 Å². The van der Waals surface area contributed by atoms with Crippen molar-refractivity contribution in [2.45, 2.75) is 19.1 Å². The third kappa shape index (κ3) is 3.82. The van der Waals surface area contributed by atoms with Gasteiger partial charge in [-0.25, -0.2) is 4.79 Å². The van der Waals surface area contributed by atoms with Gasteiger partial charge in [0.25, 0.3) is 0 Å². The van der Waals surface area contributed by atoms with Crippen molar-refractivity contribution in [3.8, 4) is 5.69 Å². The van der Waals surface area contributed by atoms with Gasteiger partial charge in [0.2, 0.25) is 0 Å². The summed E-state index contributed by atoms with van der Waals surface area (Å²) in [7, 11) is 0. The molecule has 0 fully saturated rings. The average Bonchev–Trinajstić information content (AvgIpc) is 3.23. The molecule has 1 unspecified atom stereocenters. The molecule has 4 nitrogen and oxygen atoms in total. The molecule has 0 saturated carbocycles. The Morgan fingerprint density at radius 1 is 0.903 bits per heavy atom. The molecule has 0 saturated heterocycles. The molecular formula is C26H22ClN3O. The lowest BCUT2D eigenvalue weighted by molar-refractivity contribution is 0.180. The molecule has 2 amide bonds. The van der Waals surface area contributed by atoms with Crippen LogP contribution in [0.5, 0.6) is 0 Å². The Balaban J connectivity index is 1.56. The molecule has 1 N–H and O–H groups in total. The van der Waals surface area contributed by atoms with Crippen LogP contribution in [-0.4, -0.2) is 15.5 Å². The van der Waals surface area contributed by atoms with Crippen LogP contribution in [0, 0.1) is 0 Å². The number of urea groups is 1. The number of hydrogen-bond donors (Lipinski definition) is 1. The fourth-order valence-corrected chi connectivity index (χ4v) is 4.34. The zero-order valence-electron chi connectivity index (χ0n) is 16.9. The number of nitrogens with one attached hydrogen (secondary N) is 1. The summed E-state index contributed by atoms with van der Waals surface area (Å²) in [6, 6.07) is 29.7. The van der Waals surface area contributed by atoms with Crippen molar-refractivity contribution in [1.29, 1.82) is 0 Å². The Kier molecular flexibility index (Phi) is 5.23. The van der Waals surface area contributed by atoms with Crippen LogP contribution in [0.25, 0.3) is 5.69 Å². The minimum absolute atomic E-state index is 0.103. The van der Waals surface area contributed by atoms with E-state index >= 15 is 0 Å². The van der Waals surface area contributed by atoms with Crippen molar-refractivity contribution in [3.63, 3.8) is 0 Å². The van der Waals surface area contributed by atoms with Gasteiger partial charge >= 0.3 is 6.03 Å². The number of carbonyl (C=O) groups is 1. The van der Waals surface area contributed by atoms with E-state index < -0.39 is 0 Å². The monoisotopic (exact) mass is 427 g/mol. The maximum absolute atomic E-state index is 13.5. The van der Waals surface area contributed by atoms with Crippen molar-refractivity contribution in [1.82, 2.24) is 14.8 Å². The van der Waals surface area contributed by atoms with Crippen molar-refractivity contribution >= 4 is 17.6 Å². The molecule has 1 aliphatic heterocycles. The Morgan fingerprint density at radius 3 is 2.45 bits per heavy atom. The van der Waals surface area contributed by atoms with Gasteiger partial charge < -0.3 is 14.8 Å². The van der Waals surface area contributed by atoms with Crippen LogP contribution in [0.15, 0.2) is 97.2 Å². The smallest absolute Gasteiger partial charge is 0.318 e. The first-order valence-corrected chi connectivity index (χ1v) is 10.7. The van der Waals surface area contributed by atoms with E-state index in [-0.39, 0.29) is 12.1 Å². The maximum atomic E-state index is 13.5. The van der Waals surface area contributed by atoms with E-state index in [1.807, 2.05) is 77.7 Å². The Morgan fingerprint density at radius 2 is 1.65 bits per heavy atom. The minimum atomic E-state index is -0.240. The minimum Gasteiger partial charge on any atom is -0.334 e. The lowest BCUT2D eigenvalue weighted by Gasteiger charge is -2.31. The molecule has 1 atom stereocenters. The van der Waals surface area contributed by atoms with Crippen molar-refractivity contribution in [2.75, 3.05) is 0 Å². The predicted molar refractivity (Wildman–Crippen MR) is 123 cm³/mol. The Labute approximate surface area is 186 Å². The third-order valence-corrected chi connectivity index (χ3v) is 5.95. The van der Waals surface area contributed by atoms with Crippen LogP contribution in [0.1, 0.15) is 28.4 Å². The van der Waals surface area contributed by atoms with Crippen molar-refractivity contribution in [2.24, 2.45) is 0 Å². The molecule has 1 aromatic heterocycles. The van der Waals surface area contributed by atoms with Crippen LogP contribution in [0.3, 0.4) is 0 Å². The molecule has 0 aliphatic carbocycles. The van der Waals surface area contributed by atoms with Gasteiger partial charge in [0.05, 0.1) is 18.3 Å². The summed E-state index contributed by atoms with van der Waals surface area (Å²) in [6.45, 7) is 0.984. The largest absolute Gasteiger partial charge is 0.334 e. The maximum Gasteiger partial charge on any atom is 0.318 e. The number of nitrogens with zero attached hydrogens (tertiary/aromatic N) is 2. The molecule has 5 heteroatoms. The first-order valence-electron chi connectivity index (χ1n) is 10.3. The highest BCUT2D eigenvalue weighted by molar-refractivity contribution is 6.30. The quantitative estimate of drug-likeness (QED) is 0.431. The molecule has 0 spiro atoms. The van der Waals surface area contributed by atoms with Gasteiger partial charge in [0, 0.05) is 23.5 Å². The van der Waals surface area contributed by atoms with Gasteiger partial charge in [-0.3, -0.25) is 0 Å². The number of benzene rings is 3. The van der Waals surface area contributed by atoms with E-state index in [2.05, 4.69) is 34.3 Å². The molecule has 5 rings (SSSR count). The molecule has 2 heterocycles. The van der Waals surface area contributed by atoms with Gasteiger partial charge in [-0.05, 0) is 47.0 Å². The third-order valence-electron chi connectivity index (χ3n) is 5.70. The summed E-state index contributed by atoms with van der Waals surface area (Å²) in [6.07, 6.45) is 2.06. The highest BCUT2D eigenvalue weighted by atomic mass is 35.5. The second-order valence-electron chi connectivity index (χ2n) is 7.66. The molecule has 31 heavy (non-hydrogen) atoms. The highest BCUT2D eigenvalue weighted by Crippen LogP contribution is 2.36. The number of carbonyl (C=O) groups excluding carboxylic acids is 1. The molecule has 1 aliphatic rings. The van der Waals surface area contributed by atoms with Crippen LogP contribution >= 0.6 is 11.6 Å². The van der Waals surface area contributed by atoms with E-state index in [4.69, 9.17) is 11.6 Å². The average molecular weight is 428 g/mol. The summed E-state index contributed by atoms with van der Waals surface area (Å²) in [5, 5.41) is 3.79. The first-order chi connectivity index (χ1) is 15.2. The summed E-state index contributed by atoms with van der Waals surface area (Å²) in [5.74, 6) is 0. The number of rotatable bonds is 3. The molecule has 3 aromatic carbocycles. The van der Waals surface area contributed by atoms with Gasteiger partial charge in [-0.2, -0.15) is 0 Å². The number of halogens is 1. The van der Waals surface area contributed by atoms with Crippen molar-refractivity contribution in [3.05, 3.63) is 125 Å². The Hall–Kier alpha value is -3.50. The predicted octanol–water partition coefficient (Wildman–Crippen LogP) is 5.95. The van der Waals surface area contributed by atoms with E-state index in [1.54, 1.807) is 0 Å². The molecule has 0 bridgehead atoms. The van der Waals surface area contributed by atoms with E-state index in [9.17, 15) is 4.79 Å². The fraction of sp³-hybridized carbons (Fsp3) is 0.115. The number of amides is 2. The molecule has 0 radical (unpaired) electrons. The van der Waals surface area contributed by atoms with Crippen molar-refractivity contribution < 1.29 is 4.79 Å². The number of fused-ring (bicyclic) bond motifs is 3. The van der Waals surface area contributed by atoms with Crippen LogP contribution < -0.4 is 5.32 Å².